The standard InChI is InChI=1S/C16H23N3/c1-2-10-17-15(9-8-13-6-7-13)14-12-18-19-11-4-3-5-16(14)19/h3-5,11-13,15,17H,2,6-10H2,1H3. The molecule has 2 aromatic rings. The summed E-state index contributed by atoms with van der Waals surface area (Å²) in [6.07, 6.45) is 10.7. The van der Waals surface area contributed by atoms with Crippen LogP contribution in [0.2, 0.25) is 0 Å². The van der Waals surface area contributed by atoms with Crippen LogP contribution in [0.1, 0.15) is 50.6 Å². The number of nitrogens with zero attached hydrogens (tertiary/aromatic N) is 2. The summed E-state index contributed by atoms with van der Waals surface area (Å²) in [6, 6.07) is 6.75. The molecule has 0 spiro atoms. The first kappa shape index (κ1) is 12.7. The highest BCUT2D eigenvalue weighted by Crippen LogP contribution is 2.36. The largest absolute Gasteiger partial charge is 0.310 e. The van der Waals surface area contributed by atoms with Gasteiger partial charge in [-0.3, -0.25) is 0 Å². The molecule has 1 unspecified atom stereocenters. The molecular formula is C16H23N3. The van der Waals surface area contributed by atoms with Crippen LogP contribution in [-0.4, -0.2) is 16.2 Å². The second-order valence-corrected chi connectivity index (χ2v) is 5.66. The highest BCUT2D eigenvalue weighted by Gasteiger charge is 2.24. The van der Waals surface area contributed by atoms with Gasteiger partial charge in [-0.1, -0.05) is 25.8 Å². The van der Waals surface area contributed by atoms with Crippen molar-refractivity contribution >= 4 is 5.52 Å². The maximum absolute atomic E-state index is 4.47. The number of nitrogens with one attached hydrogen (secondary N) is 1. The van der Waals surface area contributed by atoms with Gasteiger partial charge in [-0.2, -0.15) is 5.10 Å². The van der Waals surface area contributed by atoms with Crippen LogP contribution in [0.15, 0.2) is 30.6 Å². The van der Waals surface area contributed by atoms with E-state index in [1.54, 1.807) is 0 Å². The van der Waals surface area contributed by atoms with E-state index in [0.29, 0.717) is 6.04 Å². The SMILES string of the molecule is CCCNC(CCC1CC1)c1cnn2ccccc12. The maximum atomic E-state index is 4.47. The molecule has 1 aliphatic rings. The summed E-state index contributed by atoms with van der Waals surface area (Å²) in [5, 5.41) is 8.16. The number of aromatic nitrogens is 2. The number of hydrogen-bond donors (Lipinski definition) is 1. The molecular weight excluding hydrogens is 234 g/mol. The van der Waals surface area contributed by atoms with Crippen LogP contribution >= 0.6 is 0 Å². The Morgan fingerprint density at radius 1 is 1.42 bits per heavy atom. The van der Waals surface area contributed by atoms with Crippen molar-refractivity contribution in [2.24, 2.45) is 5.92 Å². The molecule has 3 heteroatoms. The number of hydrogen-bond acceptors (Lipinski definition) is 2. The summed E-state index contributed by atoms with van der Waals surface area (Å²) in [5.41, 5.74) is 2.60. The highest BCUT2D eigenvalue weighted by atomic mass is 15.2. The Hall–Kier alpha value is -1.35. The van der Waals surface area contributed by atoms with Crippen molar-refractivity contribution in [3.05, 3.63) is 36.2 Å². The molecule has 0 amide bonds. The summed E-state index contributed by atoms with van der Waals surface area (Å²) >= 11 is 0. The molecule has 2 heterocycles. The van der Waals surface area contributed by atoms with E-state index >= 15 is 0 Å². The highest BCUT2D eigenvalue weighted by molar-refractivity contribution is 5.54. The third-order valence-corrected chi connectivity index (χ3v) is 4.03. The molecule has 3 rings (SSSR count). The third kappa shape index (κ3) is 2.98. The Bertz CT molecular complexity index is 528. The molecule has 102 valence electrons. The lowest BCUT2D eigenvalue weighted by Gasteiger charge is -2.17. The number of fused-ring (bicyclic) bond motifs is 1. The first-order valence-electron chi connectivity index (χ1n) is 7.54. The normalized spacial score (nSPS) is 16.9. The van der Waals surface area contributed by atoms with Crippen LogP contribution in [0.3, 0.4) is 0 Å². The minimum atomic E-state index is 0.459. The second-order valence-electron chi connectivity index (χ2n) is 5.66. The summed E-state index contributed by atoms with van der Waals surface area (Å²) in [4.78, 5) is 0. The molecule has 0 bridgehead atoms. The van der Waals surface area contributed by atoms with Crippen LogP contribution in [0.25, 0.3) is 5.52 Å². The number of pyridine rings is 1. The predicted molar refractivity (Wildman–Crippen MR) is 78.2 cm³/mol. The average molecular weight is 257 g/mol. The lowest BCUT2D eigenvalue weighted by molar-refractivity contribution is 0.472. The fourth-order valence-electron chi connectivity index (χ4n) is 2.72. The first-order valence-corrected chi connectivity index (χ1v) is 7.54. The van der Waals surface area contributed by atoms with Gasteiger partial charge in [0, 0.05) is 17.8 Å². The Morgan fingerprint density at radius 3 is 3.11 bits per heavy atom. The molecule has 0 aliphatic heterocycles. The minimum absolute atomic E-state index is 0.459. The molecule has 1 fully saturated rings. The van der Waals surface area contributed by atoms with Crippen LogP contribution in [0.4, 0.5) is 0 Å². The van der Waals surface area contributed by atoms with Gasteiger partial charge < -0.3 is 5.32 Å². The molecule has 1 atom stereocenters. The fraction of sp³-hybridized carbons (Fsp3) is 0.562. The van der Waals surface area contributed by atoms with Crippen molar-refractivity contribution in [3.63, 3.8) is 0 Å². The van der Waals surface area contributed by atoms with Crippen molar-refractivity contribution in [1.29, 1.82) is 0 Å². The lowest BCUT2D eigenvalue weighted by Crippen LogP contribution is -2.22. The van der Waals surface area contributed by atoms with Gasteiger partial charge in [0.25, 0.3) is 0 Å². The Morgan fingerprint density at radius 2 is 2.32 bits per heavy atom. The number of rotatable bonds is 7. The van der Waals surface area contributed by atoms with Crippen molar-refractivity contribution in [2.75, 3.05) is 6.54 Å². The van der Waals surface area contributed by atoms with Gasteiger partial charge in [0.1, 0.15) is 0 Å². The van der Waals surface area contributed by atoms with E-state index in [1.807, 2.05) is 23.0 Å². The van der Waals surface area contributed by atoms with Crippen LogP contribution < -0.4 is 5.32 Å². The average Bonchev–Trinajstić information content (AvgIpc) is 3.18. The van der Waals surface area contributed by atoms with Gasteiger partial charge in [0.15, 0.2) is 0 Å². The Balaban J connectivity index is 1.79. The van der Waals surface area contributed by atoms with E-state index in [9.17, 15) is 0 Å². The summed E-state index contributed by atoms with van der Waals surface area (Å²) in [7, 11) is 0. The van der Waals surface area contributed by atoms with E-state index < -0.39 is 0 Å². The van der Waals surface area contributed by atoms with Crippen LogP contribution in [0.5, 0.6) is 0 Å². The Kier molecular flexibility index (Phi) is 3.83. The maximum Gasteiger partial charge on any atom is 0.0709 e. The second kappa shape index (κ2) is 5.74. The minimum Gasteiger partial charge on any atom is -0.310 e. The fourth-order valence-corrected chi connectivity index (χ4v) is 2.72. The molecule has 3 nitrogen and oxygen atoms in total. The quantitative estimate of drug-likeness (QED) is 0.821. The molecule has 0 radical (unpaired) electrons. The zero-order valence-corrected chi connectivity index (χ0v) is 11.7. The van der Waals surface area contributed by atoms with Crippen LogP contribution in [-0.2, 0) is 0 Å². The first-order chi connectivity index (χ1) is 9.38. The molecule has 2 aromatic heterocycles. The van der Waals surface area contributed by atoms with E-state index in [-0.39, 0.29) is 0 Å². The summed E-state index contributed by atoms with van der Waals surface area (Å²) in [5.74, 6) is 0.993. The molecule has 0 saturated heterocycles. The van der Waals surface area contributed by atoms with E-state index in [1.165, 1.54) is 43.2 Å². The third-order valence-electron chi connectivity index (χ3n) is 4.03. The monoisotopic (exact) mass is 257 g/mol. The van der Waals surface area contributed by atoms with E-state index in [0.717, 1.165) is 12.5 Å². The van der Waals surface area contributed by atoms with Gasteiger partial charge in [-0.15, -0.1) is 0 Å². The zero-order valence-electron chi connectivity index (χ0n) is 11.7. The van der Waals surface area contributed by atoms with Gasteiger partial charge in [-0.25, -0.2) is 4.52 Å². The molecule has 0 aromatic carbocycles. The van der Waals surface area contributed by atoms with Gasteiger partial charge in [0.05, 0.1) is 11.7 Å². The van der Waals surface area contributed by atoms with E-state index in [4.69, 9.17) is 0 Å². The van der Waals surface area contributed by atoms with Gasteiger partial charge >= 0.3 is 0 Å². The van der Waals surface area contributed by atoms with Crippen LogP contribution in [0, 0.1) is 5.92 Å². The lowest BCUT2D eigenvalue weighted by atomic mass is 10.0. The van der Waals surface area contributed by atoms with Crippen molar-refractivity contribution in [3.8, 4) is 0 Å². The summed E-state index contributed by atoms with van der Waals surface area (Å²) in [6.45, 7) is 3.31. The molecule has 1 aliphatic carbocycles. The van der Waals surface area contributed by atoms with Crippen molar-refractivity contribution in [2.45, 2.75) is 45.1 Å². The molecule has 19 heavy (non-hydrogen) atoms. The topological polar surface area (TPSA) is 29.3 Å². The smallest absolute Gasteiger partial charge is 0.0709 e. The zero-order chi connectivity index (χ0) is 13.1. The molecule has 1 saturated carbocycles. The van der Waals surface area contributed by atoms with E-state index in [2.05, 4.69) is 29.5 Å². The van der Waals surface area contributed by atoms with Crippen molar-refractivity contribution in [1.82, 2.24) is 14.9 Å². The van der Waals surface area contributed by atoms with Crippen molar-refractivity contribution < 1.29 is 0 Å². The predicted octanol–water partition coefficient (Wildman–Crippen LogP) is 3.57. The molecule has 1 N–H and O–H groups in total. The van der Waals surface area contributed by atoms with Gasteiger partial charge in [-0.05, 0) is 43.9 Å². The van der Waals surface area contributed by atoms with Gasteiger partial charge in [0.2, 0.25) is 0 Å². The summed E-state index contributed by atoms with van der Waals surface area (Å²) < 4.78 is 1.98. The Labute approximate surface area is 115 Å².